The van der Waals surface area contributed by atoms with Crippen LogP contribution in [0.3, 0.4) is 0 Å². The van der Waals surface area contributed by atoms with Gasteiger partial charge in [0, 0.05) is 32.7 Å². The molecule has 2 aromatic rings. The van der Waals surface area contributed by atoms with Crippen molar-refractivity contribution in [3.8, 4) is 5.75 Å². The van der Waals surface area contributed by atoms with Crippen LogP contribution in [0.15, 0.2) is 48.5 Å². The number of ether oxygens (including phenoxy) is 1. The second-order valence-electron chi connectivity index (χ2n) is 6.86. The maximum atomic E-state index is 12.7. The molecule has 0 radical (unpaired) electrons. The standard InChI is InChI=1S/C20H24N2O2.C2H2O4/c1-16-7-9-17(10-8-16)15-21-11-13-22(14-12-21)20(23)18-5-3-4-6-19(18)24-2;3-1(4)2(5)6/h3-10H,11-15H2,1-2H3;(H,3,4)(H,5,6). The molecule has 0 unspecified atom stereocenters. The molecule has 1 fully saturated rings. The highest BCUT2D eigenvalue weighted by molar-refractivity contribution is 6.27. The fraction of sp³-hybridized carbons (Fsp3) is 0.318. The van der Waals surface area contributed by atoms with Crippen molar-refractivity contribution in [2.75, 3.05) is 33.3 Å². The number of carboxylic acid groups (broad SMARTS) is 2. The highest BCUT2D eigenvalue weighted by Crippen LogP contribution is 2.20. The number of rotatable bonds is 4. The number of para-hydroxylation sites is 1. The molecule has 8 heteroatoms. The van der Waals surface area contributed by atoms with Crippen LogP contribution >= 0.6 is 0 Å². The lowest BCUT2D eigenvalue weighted by molar-refractivity contribution is -0.159. The van der Waals surface area contributed by atoms with Gasteiger partial charge in [-0.3, -0.25) is 9.69 Å². The summed E-state index contributed by atoms with van der Waals surface area (Å²) in [5, 5.41) is 14.8. The van der Waals surface area contributed by atoms with Crippen LogP contribution in [-0.4, -0.2) is 71.1 Å². The first kappa shape index (κ1) is 22.9. The molecule has 1 heterocycles. The van der Waals surface area contributed by atoms with Gasteiger partial charge in [-0.1, -0.05) is 42.0 Å². The molecule has 1 aliphatic heterocycles. The maximum absolute atomic E-state index is 12.7. The van der Waals surface area contributed by atoms with E-state index >= 15 is 0 Å². The molecule has 1 amide bonds. The molecule has 8 nitrogen and oxygen atoms in total. The summed E-state index contributed by atoms with van der Waals surface area (Å²) in [4.78, 5) is 35.2. The van der Waals surface area contributed by atoms with Gasteiger partial charge in [0.1, 0.15) is 5.75 Å². The maximum Gasteiger partial charge on any atom is 0.414 e. The van der Waals surface area contributed by atoms with E-state index in [0.29, 0.717) is 11.3 Å². The van der Waals surface area contributed by atoms with Crippen molar-refractivity contribution in [3.05, 3.63) is 65.2 Å². The van der Waals surface area contributed by atoms with Gasteiger partial charge >= 0.3 is 11.9 Å². The molecule has 160 valence electrons. The monoisotopic (exact) mass is 414 g/mol. The fourth-order valence-electron chi connectivity index (χ4n) is 3.05. The number of piperazine rings is 1. The number of hydrogen-bond donors (Lipinski definition) is 2. The normalized spacial score (nSPS) is 13.7. The zero-order valence-corrected chi connectivity index (χ0v) is 17.1. The Labute approximate surface area is 175 Å². The van der Waals surface area contributed by atoms with Gasteiger partial charge in [-0.25, -0.2) is 9.59 Å². The van der Waals surface area contributed by atoms with Gasteiger partial charge in [-0.2, -0.15) is 0 Å². The summed E-state index contributed by atoms with van der Waals surface area (Å²) in [6.45, 7) is 6.35. The van der Waals surface area contributed by atoms with Crippen molar-refractivity contribution in [1.82, 2.24) is 9.80 Å². The first-order valence-electron chi connectivity index (χ1n) is 9.48. The molecule has 30 heavy (non-hydrogen) atoms. The predicted octanol–water partition coefficient (Wildman–Crippen LogP) is 2.12. The summed E-state index contributed by atoms with van der Waals surface area (Å²) in [5.74, 6) is -2.95. The van der Waals surface area contributed by atoms with Gasteiger partial charge in [0.25, 0.3) is 5.91 Å². The molecule has 1 aliphatic rings. The number of carbonyl (C=O) groups excluding carboxylic acids is 1. The summed E-state index contributed by atoms with van der Waals surface area (Å²) in [6, 6.07) is 16.1. The molecule has 0 aromatic heterocycles. The Kier molecular flexibility index (Phi) is 8.37. The zero-order chi connectivity index (χ0) is 22.1. The van der Waals surface area contributed by atoms with Crippen LogP contribution in [0.1, 0.15) is 21.5 Å². The van der Waals surface area contributed by atoms with Crippen LogP contribution in [0, 0.1) is 6.92 Å². The second kappa shape index (κ2) is 11.0. The quantitative estimate of drug-likeness (QED) is 0.738. The fourth-order valence-corrected chi connectivity index (χ4v) is 3.05. The van der Waals surface area contributed by atoms with E-state index in [1.165, 1.54) is 11.1 Å². The molecule has 0 aliphatic carbocycles. The molecule has 0 atom stereocenters. The number of aryl methyl sites for hydroxylation is 1. The zero-order valence-electron chi connectivity index (χ0n) is 17.1. The minimum atomic E-state index is -1.82. The van der Waals surface area contributed by atoms with Crippen molar-refractivity contribution < 1.29 is 29.3 Å². The number of amides is 1. The number of carboxylic acids is 2. The number of nitrogens with zero attached hydrogens (tertiary/aromatic N) is 2. The number of methoxy groups -OCH3 is 1. The molecular formula is C22H26N2O6. The van der Waals surface area contributed by atoms with Gasteiger partial charge in [0.2, 0.25) is 0 Å². The van der Waals surface area contributed by atoms with Gasteiger partial charge in [0.05, 0.1) is 12.7 Å². The molecule has 0 bridgehead atoms. The Bertz CT molecular complexity index is 861. The Hall–Kier alpha value is -3.39. The third-order valence-electron chi connectivity index (χ3n) is 4.71. The van der Waals surface area contributed by atoms with Crippen LogP contribution in [0.5, 0.6) is 5.75 Å². The van der Waals surface area contributed by atoms with E-state index in [4.69, 9.17) is 24.5 Å². The van der Waals surface area contributed by atoms with Crippen LogP contribution < -0.4 is 4.74 Å². The average molecular weight is 414 g/mol. The minimum absolute atomic E-state index is 0.0578. The molecule has 1 saturated heterocycles. The summed E-state index contributed by atoms with van der Waals surface area (Å²) >= 11 is 0. The summed E-state index contributed by atoms with van der Waals surface area (Å²) in [5.41, 5.74) is 3.25. The molecule has 2 N–H and O–H groups in total. The molecular weight excluding hydrogens is 388 g/mol. The van der Waals surface area contributed by atoms with E-state index in [2.05, 4.69) is 36.1 Å². The van der Waals surface area contributed by atoms with Crippen molar-refractivity contribution in [2.45, 2.75) is 13.5 Å². The van der Waals surface area contributed by atoms with Crippen molar-refractivity contribution >= 4 is 17.8 Å². The number of hydrogen-bond acceptors (Lipinski definition) is 5. The van der Waals surface area contributed by atoms with Crippen LogP contribution in [0.4, 0.5) is 0 Å². The lowest BCUT2D eigenvalue weighted by atomic mass is 10.1. The molecule has 0 saturated carbocycles. The van der Waals surface area contributed by atoms with Gasteiger partial charge in [0.15, 0.2) is 0 Å². The smallest absolute Gasteiger partial charge is 0.414 e. The van der Waals surface area contributed by atoms with E-state index in [1.807, 2.05) is 29.2 Å². The Morgan fingerprint density at radius 1 is 0.900 bits per heavy atom. The number of aliphatic carboxylic acids is 2. The SMILES string of the molecule is COc1ccccc1C(=O)N1CCN(Cc2ccc(C)cc2)CC1.O=C(O)C(=O)O. The Morgan fingerprint density at radius 2 is 1.47 bits per heavy atom. The van der Waals surface area contributed by atoms with E-state index in [9.17, 15) is 4.79 Å². The summed E-state index contributed by atoms with van der Waals surface area (Å²) in [7, 11) is 1.60. The minimum Gasteiger partial charge on any atom is -0.496 e. The second-order valence-corrected chi connectivity index (χ2v) is 6.86. The Morgan fingerprint density at radius 3 is 2.00 bits per heavy atom. The lowest BCUT2D eigenvalue weighted by Crippen LogP contribution is -2.48. The van der Waals surface area contributed by atoms with Crippen LogP contribution in [0.25, 0.3) is 0 Å². The predicted molar refractivity (Wildman–Crippen MR) is 111 cm³/mol. The molecule has 0 spiro atoms. The third kappa shape index (κ3) is 6.59. The van der Waals surface area contributed by atoms with Crippen LogP contribution in [-0.2, 0) is 16.1 Å². The lowest BCUT2D eigenvalue weighted by Gasteiger charge is -2.35. The molecule has 2 aromatic carbocycles. The highest BCUT2D eigenvalue weighted by Gasteiger charge is 2.24. The average Bonchev–Trinajstić information content (AvgIpc) is 2.75. The van der Waals surface area contributed by atoms with E-state index < -0.39 is 11.9 Å². The van der Waals surface area contributed by atoms with Gasteiger partial charge in [-0.05, 0) is 24.6 Å². The van der Waals surface area contributed by atoms with Gasteiger partial charge in [-0.15, -0.1) is 0 Å². The van der Waals surface area contributed by atoms with E-state index in [1.54, 1.807) is 7.11 Å². The van der Waals surface area contributed by atoms with Crippen molar-refractivity contribution in [3.63, 3.8) is 0 Å². The van der Waals surface area contributed by atoms with Crippen molar-refractivity contribution in [1.29, 1.82) is 0 Å². The summed E-state index contributed by atoms with van der Waals surface area (Å²) < 4.78 is 5.31. The molecule has 3 rings (SSSR count). The highest BCUT2D eigenvalue weighted by atomic mass is 16.5. The Balaban J connectivity index is 0.000000469. The van der Waals surface area contributed by atoms with Crippen LogP contribution in [0.2, 0.25) is 0 Å². The van der Waals surface area contributed by atoms with E-state index in [-0.39, 0.29) is 5.91 Å². The van der Waals surface area contributed by atoms with Gasteiger partial charge < -0.3 is 19.8 Å². The third-order valence-corrected chi connectivity index (χ3v) is 4.71. The number of benzene rings is 2. The first-order valence-corrected chi connectivity index (χ1v) is 9.48. The van der Waals surface area contributed by atoms with Crippen molar-refractivity contribution in [2.24, 2.45) is 0 Å². The number of carbonyl (C=O) groups is 3. The summed E-state index contributed by atoms with van der Waals surface area (Å²) in [6.07, 6.45) is 0. The van der Waals surface area contributed by atoms with E-state index in [0.717, 1.165) is 32.7 Å². The first-order chi connectivity index (χ1) is 14.3. The topological polar surface area (TPSA) is 107 Å². The largest absolute Gasteiger partial charge is 0.496 e.